The van der Waals surface area contributed by atoms with Gasteiger partial charge in [-0.15, -0.1) is 0 Å². The van der Waals surface area contributed by atoms with E-state index in [0.29, 0.717) is 11.2 Å². The van der Waals surface area contributed by atoms with Crippen molar-refractivity contribution in [2.75, 3.05) is 11.9 Å². The fourth-order valence-corrected chi connectivity index (χ4v) is 2.90. The molecule has 0 aromatic carbocycles. The highest BCUT2D eigenvalue weighted by atomic mass is 16.3. The van der Waals surface area contributed by atoms with Crippen LogP contribution in [-0.2, 0) is 19.4 Å². The SMILES string of the molecule is N=c1c2c3c(oc2nc2n1CCN2)CCCC3. The topological polar surface area (TPSA) is 66.8 Å². The number of aromatic nitrogens is 2. The normalized spacial score (nSPS) is 17.9. The second-order valence-electron chi connectivity index (χ2n) is 4.75. The van der Waals surface area contributed by atoms with Gasteiger partial charge in [-0.1, -0.05) is 0 Å². The highest BCUT2D eigenvalue weighted by Gasteiger charge is 2.23. The molecule has 2 N–H and O–H groups in total. The summed E-state index contributed by atoms with van der Waals surface area (Å²) in [7, 11) is 0. The summed E-state index contributed by atoms with van der Waals surface area (Å²) < 4.78 is 7.75. The van der Waals surface area contributed by atoms with Gasteiger partial charge in [-0.3, -0.25) is 9.98 Å². The molecule has 0 saturated heterocycles. The van der Waals surface area contributed by atoms with Gasteiger partial charge in [0.2, 0.25) is 11.7 Å². The van der Waals surface area contributed by atoms with Gasteiger partial charge in [-0.2, -0.15) is 4.98 Å². The van der Waals surface area contributed by atoms with Crippen LogP contribution in [0.2, 0.25) is 0 Å². The Hall–Kier alpha value is -1.78. The van der Waals surface area contributed by atoms with Gasteiger partial charge in [-0.25, -0.2) is 0 Å². The number of furan rings is 1. The third-order valence-corrected chi connectivity index (χ3v) is 3.74. The minimum Gasteiger partial charge on any atom is -0.442 e. The van der Waals surface area contributed by atoms with Gasteiger partial charge in [0.15, 0.2) is 0 Å². The van der Waals surface area contributed by atoms with Gasteiger partial charge < -0.3 is 9.73 Å². The number of fused-ring (bicyclic) bond motifs is 4. The third-order valence-electron chi connectivity index (χ3n) is 3.74. The summed E-state index contributed by atoms with van der Waals surface area (Å²) in [4.78, 5) is 4.49. The highest BCUT2D eigenvalue weighted by molar-refractivity contribution is 5.79. The number of aryl methyl sites for hydroxylation is 2. The van der Waals surface area contributed by atoms with Crippen molar-refractivity contribution in [2.45, 2.75) is 32.2 Å². The molecule has 5 nitrogen and oxygen atoms in total. The maximum Gasteiger partial charge on any atom is 0.233 e. The number of anilines is 1. The summed E-state index contributed by atoms with van der Waals surface area (Å²) in [6.45, 7) is 1.69. The average molecular weight is 230 g/mol. The van der Waals surface area contributed by atoms with Crippen molar-refractivity contribution in [3.05, 3.63) is 16.8 Å². The van der Waals surface area contributed by atoms with E-state index in [1.807, 2.05) is 4.57 Å². The van der Waals surface area contributed by atoms with Crippen LogP contribution in [0.4, 0.5) is 5.95 Å². The van der Waals surface area contributed by atoms with Crippen molar-refractivity contribution >= 4 is 17.0 Å². The van der Waals surface area contributed by atoms with Crippen LogP contribution in [0, 0.1) is 5.41 Å². The molecule has 1 aliphatic heterocycles. The molecule has 4 rings (SSSR count). The molecule has 0 spiro atoms. The van der Waals surface area contributed by atoms with E-state index in [-0.39, 0.29) is 0 Å². The standard InChI is InChI=1S/C12H14N4O/c13-10-9-7-3-1-2-4-8(7)17-11(9)15-12-14-5-6-16(10)12/h13H,1-6H2,(H,14,15). The highest BCUT2D eigenvalue weighted by Crippen LogP contribution is 2.29. The van der Waals surface area contributed by atoms with Crippen molar-refractivity contribution in [3.8, 4) is 0 Å². The fourth-order valence-electron chi connectivity index (χ4n) is 2.90. The van der Waals surface area contributed by atoms with E-state index in [0.717, 1.165) is 43.0 Å². The summed E-state index contributed by atoms with van der Waals surface area (Å²) in [5, 5.41) is 12.4. The molecule has 17 heavy (non-hydrogen) atoms. The minimum atomic E-state index is 0.557. The van der Waals surface area contributed by atoms with Gasteiger partial charge in [0.05, 0.1) is 5.39 Å². The predicted octanol–water partition coefficient (Wildman–Crippen LogP) is 1.41. The molecule has 0 atom stereocenters. The van der Waals surface area contributed by atoms with Gasteiger partial charge in [0.1, 0.15) is 11.2 Å². The lowest BCUT2D eigenvalue weighted by molar-refractivity contribution is 0.499. The van der Waals surface area contributed by atoms with Crippen molar-refractivity contribution in [1.29, 1.82) is 5.41 Å². The predicted molar refractivity (Wildman–Crippen MR) is 63.0 cm³/mol. The molecule has 0 unspecified atom stereocenters. The number of hydrogen-bond acceptors (Lipinski definition) is 4. The Morgan fingerprint density at radius 3 is 3.12 bits per heavy atom. The van der Waals surface area contributed by atoms with Crippen LogP contribution >= 0.6 is 0 Å². The van der Waals surface area contributed by atoms with Crippen molar-refractivity contribution in [1.82, 2.24) is 9.55 Å². The van der Waals surface area contributed by atoms with Gasteiger partial charge in [-0.05, 0) is 19.3 Å². The molecule has 5 heteroatoms. The Kier molecular flexibility index (Phi) is 1.70. The lowest BCUT2D eigenvalue weighted by Gasteiger charge is -2.08. The maximum atomic E-state index is 8.30. The fraction of sp³-hybridized carbons (Fsp3) is 0.500. The van der Waals surface area contributed by atoms with Gasteiger partial charge >= 0.3 is 0 Å². The maximum absolute atomic E-state index is 8.30. The first-order valence-corrected chi connectivity index (χ1v) is 6.18. The smallest absolute Gasteiger partial charge is 0.233 e. The second kappa shape index (κ2) is 3.12. The number of nitrogens with zero attached hydrogens (tertiary/aromatic N) is 2. The summed E-state index contributed by atoms with van der Waals surface area (Å²) in [6.07, 6.45) is 4.41. The van der Waals surface area contributed by atoms with Crippen molar-refractivity contribution < 1.29 is 4.42 Å². The zero-order chi connectivity index (χ0) is 11.4. The molecule has 0 saturated carbocycles. The summed E-state index contributed by atoms with van der Waals surface area (Å²) in [5.41, 5.74) is 2.43. The van der Waals surface area contributed by atoms with Gasteiger partial charge in [0, 0.05) is 25.1 Å². The minimum absolute atomic E-state index is 0.557. The molecule has 0 bridgehead atoms. The molecule has 1 aliphatic carbocycles. The third kappa shape index (κ3) is 1.14. The van der Waals surface area contributed by atoms with Crippen LogP contribution in [0.1, 0.15) is 24.2 Å². The molecule has 2 aliphatic rings. The van der Waals surface area contributed by atoms with Crippen LogP contribution < -0.4 is 10.8 Å². The van der Waals surface area contributed by atoms with Crippen LogP contribution in [0.15, 0.2) is 4.42 Å². The van der Waals surface area contributed by atoms with Crippen LogP contribution in [0.25, 0.3) is 11.1 Å². The van der Waals surface area contributed by atoms with Crippen molar-refractivity contribution in [3.63, 3.8) is 0 Å². The Balaban J connectivity index is 2.12. The Labute approximate surface area is 98.0 Å². The second-order valence-corrected chi connectivity index (χ2v) is 4.75. The number of nitrogens with one attached hydrogen (secondary N) is 2. The molecule has 0 radical (unpaired) electrons. The first-order chi connectivity index (χ1) is 8.34. The van der Waals surface area contributed by atoms with Gasteiger partial charge in [0.25, 0.3) is 0 Å². The lowest BCUT2D eigenvalue weighted by Crippen LogP contribution is -2.20. The first kappa shape index (κ1) is 9.27. The van der Waals surface area contributed by atoms with Crippen LogP contribution in [0.5, 0.6) is 0 Å². The first-order valence-electron chi connectivity index (χ1n) is 6.18. The van der Waals surface area contributed by atoms with Crippen LogP contribution in [0.3, 0.4) is 0 Å². The Bertz CT molecular complexity index is 667. The lowest BCUT2D eigenvalue weighted by atomic mass is 9.97. The van der Waals surface area contributed by atoms with Crippen molar-refractivity contribution in [2.24, 2.45) is 0 Å². The zero-order valence-corrected chi connectivity index (χ0v) is 9.55. The molecule has 3 heterocycles. The molecule has 2 aromatic heterocycles. The molecular formula is C12H14N4O. The van der Waals surface area contributed by atoms with E-state index in [2.05, 4.69) is 10.3 Å². The van der Waals surface area contributed by atoms with E-state index in [9.17, 15) is 0 Å². The number of rotatable bonds is 0. The van der Waals surface area contributed by atoms with E-state index < -0.39 is 0 Å². The summed E-state index contributed by atoms with van der Waals surface area (Å²) in [5.74, 6) is 1.82. The molecule has 0 fully saturated rings. The molecule has 2 aromatic rings. The zero-order valence-electron chi connectivity index (χ0n) is 9.55. The summed E-state index contributed by atoms with van der Waals surface area (Å²) >= 11 is 0. The Morgan fingerprint density at radius 1 is 1.29 bits per heavy atom. The van der Waals surface area contributed by atoms with Crippen LogP contribution in [-0.4, -0.2) is 16.1 Å². The average Bonchev–Trinajstić information content (AvgIpc) is 2.92. The molecule has 0 amide bonds. The number of hydrogen-bond donors (Lipinski definition) is 2. The summed E-state index contributed by atoms with van der Waals surface area (Å²) in [6, 6.07) is 0. The Morgan fingerprint density at radius 2 is 2.18 bits per heavy atom. The molecule has 88 valence electrons. The quantitative estimate of drug-likeness (QED) is 0.719. The van der Waals surface area contributed by atoms with E-state index in [1.165, 1.54) is 18.4 Å². The molecular weight excluding hydrogens is 216 g/mol. The largest absolute Gasteiger partial charge is 0.442 e. The van der Waals surface area contributed by atoms with E-state index in [1.54, 1.807) is 0 Å². The van der Waals surface area contributed by atoms with E-state index in [4.69, 9.17) is 9.83 Å². The van der Waals surface area contributed by atoms with E-state index >= 15 is 0 Å². The monoisotopic (exact) mass is 230 g/mol.